The lowest BCUT2D eigenvalue weighted by molar-refractivity contribution is -0.385. The molecule has 0 aliphatic carbocycles. The second kappa shape index (κ2) is 6.21. The van der Waals surface area contributed by atoms with E-state index in [0.717, 1.165) is 12.4 Å². The van der Waals surface area contributed by atoms with Crippen molar-refractivity contribution in [2.45, 2.75) is 0 Å². The lowest BCUT2D eigenvalue weighted by Gasteiger charge is -2.08. The SMILES string of the molecule is O=C(Nc1c(Cl)ncnc1Cl)c1cc(Cl)ccc1[N+](=O)[O-]. The molecule has 0 fully saturated rings. The Morgan fingerprint density at radius 1 is 1.19 bits per heavy atom. The Kier molecular flexibility index (Phi) is 4.56. The summed E-state index contributed by atoms with van der Waals surface area (Å²) in [5.74, 6) is -0.803. The van der Waals surface area contributed by atoms with E-state index in [1.54, 1.807) is 0 Å². The fourth-order valence-corrected chi connectivity index (χ4v) is 2.06. The summed E-state index contributed by atoms with van der Waals surface area (Å²) in [5, 5.41) is 13.2. The molecule has 108 valence electrons. The van der Waals surface area contributed by atoms with Gasteiger partial charge in [0.15, 0.2) is 10.3 Å². The summed E-state index contributed by atoms with van der Waals surface area (Å²) >= 11 is 17.3. The molecule has 0 aliphatic heterocycles. The summed E-state index contributed by atoms with van der Waals surface area (Å²) in [6.45, 7) is 0. The van der Waals surface area contributed by atoms with Crippen LogP contribution in [-0.2, 0) is 0 Å². The minimum Gasteiger partial charge on any atom is -0.317 e. The number of benzene rings is 1. The van der Waals surface area contributed by atoms with Crippen LogP contribution in [0.15, 0.2) is 24.5 Å². The summed E-state index contributed by atoms with van der Waals surface area (Å²) < 4.78 is 0. The summed E-state index contributed by atoms with van der Waals surface area (Å²) in [6.07, 6.45) is 1.11. The standard InChI is InChI=1S/C11H5Cl3N4O3/c12-5-1-2-7(18(20)21)6(3-5)11(19)17-8-9(13)15-4-16-10(8)14/h1-4H,(H,17,19). The number of carbonyl (C=O) groups excluding carboxylic acids is 1. The van der Waals surface area contributed by atoms with Crippen LogP contribution in [0.4, 0.5) is 11.4 Å². The predicted molar refractivity (Wildman–Crippen MR) is 78.1 cm³/mol. The van der Waals surface area contributed by atoms with Crippen molar-refractivity contribution in [1.29, 1.82) is 0 Å². The molecule has 1 amide bonds. The lowest BCUT2D eigenvalue weighted by atomic mass is 10.1. The molecule has 0 saturated carbocycles. The first-order chi connectivity index (χ1) is 9.90. The molecule has 1 aromatic carbocycles. The van der Waals surface area contributed by atoms with Crippen molar-refractivity contribution < 1.29 is 9.72 Å². The van der Waals surface area contributed by atoms with Crippen LogP contribution in [0.2, 0.25) is 15.3 Å². The Morgan fingerprint density at radius 2 is 1.81 bits per heavy atom. The van der Waals surface area contributed by atoms with E-state index in [9.17, 15) is 14.9 Å². The Bertz CT molecular complexity index is 718. The summed E-state index contributed by atoms with van der Waals surface area (Å²) in [7, 11) is 0. The van der Waals surface area contributed by atoms with E-state index in [2.05, 4.69) is 15.3 Å². The molecular formula is C11H5Cl3N4O3. The van der Waals surface area contributed by atoms with Gasteiger partial charge in [-0.3, -0.25) is 14.9 Å². The highest BCUT2D eigenvalue weighted by molar-refractivity contribution is 6.38. The number of nitro benzene ring substituents is 1. The highest BCUT2D eigenvalue weighted by Gasteiger charge is 2.22. The third-order valence-electron chi connectivity index (χ3n) is 2.39. The number of amides is 1. The highest BCUT2D eigenvalue weighted by atomic mass is 35.5. The quantitative estimate of drug-likeness (QED) is 0.519. The minimum atomic E-state index is -0.803. The molecule has 1 N–H and O–H groups in total. The van der Waals surface area contributed by atoms with Gasteiger partial charge in [0.1, 0.15) is 17.6 Å². The zero-order chi connectivity index (χ0) is 15.6. The van der Waals surface area contributed by atoms with Gasteiger partial charge in [0.05, 0.1) is 4.92 Å². The smallest absolute Gasteiger partial charge is 0.282 e. The van der Waals surface area contributed by atoms with Gasteiger partial charge in [0, 0.05) is 11.1 Å². The molecule has 7 nitrogen and oxygen atoms in total. The first-order valence-electron chi connectivity index (χ1n) is 5.31. The van der Waals surface area contributed by atoms with Gasteiger partial charge in [0.2, 0.25) is 0 Å². The normalized spacial score (nSPS) is 10.2. The van der Waals surface area contributed by atoms with E-state index in [4.69, 9.17) is 34.8 Å². The molecule has 1 aromatic heterocycles. The number of hydrogen-bond acceptors (Lipinski definition) is 5. The second-order valence-electron chi connectivity index (χ2n) is 3.70. The van der Waals surface area contributed by atoms with Gasteiger partial charge >= 0.3 is 0 Å². The van der Waals surface area contributed by atoms with E-state index < -0.39 is 16.5 Å². The number of anilines is 1. The number of halogens is 3. The van der Waals surface area contributed by atoms with Crippen LogP contribution in [0.5, 0.6) is 0 Å². The molecule has 2 aromatic rings. The summed E-state index contributed by atoms with van der Waals surface area (Å²) in [4.78, 5) is 29.7. The number of hydrogen-bond donors (Lipinski definition) is 1. The third kappa shape index (κ3) is 3.38. The lowest BCUT2D eigenvalue weighted by Crippen LogP contribution is -2.15. The first kappa shape index (κ1) is 15.4. The predicted octanol–water partition coefficient (Wildman–Crippen LogP) is 3.60. The van der Waals surface area contributed by atoms with E-state index in [1.807, 2.05) is 0 Å². The Balaban J connectivity index is 2.41. The summed E-state index contributed by atoms with van der Waals surface area (Å²) in [6, 6.07) is 3.60. The molecule has 0 bridgehead atoms. The Labute approximate surface area is 133 Å². The van der Waals surface area contributed by atoms with Crippen LogP contribution in [0.1, 0.15) is 10.4 Å². The number of nitrogens with one attached hydrogen (secondary N) is 1. The van der Waals surface area contributed by atoms with E-state index in [-0.39, 0.29) is 26.6 Å². The number of aromatic nitrogens is 2. The van der Waals surface area contributed by atoms with Crippen LogP contribution >= 0.6 is 34.8 Å². The van der Waals surface area contributed by atoms with Crippen LogP contribution in [0.3, 0.4) is 0 Å². The maximum atomic E-state index is 12.1. The average molecular weight is 348 g/mol. The van der Waals surface area contributed by atoms with Gasteiger partial charge in [-0.15, -0.1) is 0 Å². The number of carbonyl (C=O) groups is 1. The Hall–Kier alpha value is -1.96. The zero-order valence-electron chi connectivity index (χ0n) is 10.0. The van der Waals surface area contributed by atoms with E-state index in [0.29, 0.717) is 0 Å². The third-order valence-corrected chi connectivity index (χ3v) is 3.20. The van der Waals surface area contributed by atoms with Crippen molar-refractivity contribution in [1.82, 2.24) is 9.97 Å². The molecule has 0 aliphatic rings. The molecule has 2 rings (SSSR count). The molecule has 10 heteroatoms. The van der Waals surface area contributed by atoms with Gasteiger partial charge in [-0.25, -0.2) is 9.97 Å². The average Bonchev–Trinajstić information content (AvgIpc) is 2.42. The van der Waals surface area contributed by atoms with Gasteiger partial charge in [-0.05, 0) is 12.1 Å². The van der Waals surface area contributed by atoms with Crippen molar-refractivity contribution >= 4 is 52.1 Å². The van der Waals surface area contributed by atoms with Crippen LogP contribution in [0.25, 0.3) is 0 Å². The fourth-order valence-electron chi connectivity index (χ4n) is 1.48. The van der Waals surface area contributed by atoms with Crippen molar-refractivity contribution in [2.75, 3.05) is 5.32 Å². The number of nitrogens with zero attached hydrogens (tertiary/aromatic N) is 3. The van der Waals surface area contributed by atoms with Gasteiger partial charge in [0.25, 0.3) is 11.6 Å². The number of rotatable bonds is 3. The molecule has 21 heavy (non-hydrogen) atoms. The zero-order valence-corrected chi connectivity index (χ0v) is 12.3. The van der Waals surface area contributed by atoms with Crippen molar-refractivity contribution in [2.24, 2.45) is 0 Å². The monoisotopic (exact) mass is 346 g/mol. The molecule has 0 unspecified atom stereocenters. The number of nitro groups is 1. The van der Waals surface area contributed by atoms with Crippen molar-refractivity contribution in [3.05, 3.63) is 55.5 Å². The molecule has 0 atom stereocenters. The van der Waals surface area contributed by atoms with Crippen molar-refractivity contribution in [3.63, 3.8) is 0 Å². The fraction of sp³-hybridized carbons (Fsp3) is 0. The van der Waals surface area contributed by atoms with Crippen LogP contribution in [0, 0.1) is 10.1 Å². The largest absolute Gasteiger partial charge is 0.317 e. The van der Waals surface area contributed by atoms with Gasteiger partial charge in [-0.1, -0.05) is 34.8 Å². The molecule has 0 spiro atoms. The topological polar surface area (TPSA) is 98.0 Å². The van der Waals surface area contributed by atoms with Crippen LogP contribution < -0.4 is 5.32 Å². The molecule has 0 saturated heterocycles. The summed E-state index contributed by atoms with van der Waals surface area (Å²) in [5.41, 5.74) is -0.676. The van der Waals surface area contributed by atoms with Gasteiger partial charge in [-0.2, -0.15) is 0 Å². The van der Waals surface area contributed by atoms with Crippen LogP contribution in [-0.4, -0.2) is 20.8 Å². The maximum absolute atomic E-state index is 12.1. The molecular weight excluding hydrogens is 343 g/mol. The minimum absolute atomic E-state index is 0.0416. The highest BCUT2D eigenvalue weighted by Crippen LogP contribution is 2.28. The second-order valence-corrected chi connectivity index (χ2v) is 4.86. The molecule has 0 radical (unpaired) electrons. The Morgan fingerprint density at radius 3 is 2.38 bits per heavy atom. The van der Waals surface area contributed by atoms with E-state index >= 15 is 0 Å². The van der Waals surface area contributed by atoms with Crippen molar-refractivity contribution in [3.8, 4) is 0 Å². The first-order valence-corrected chi connectivity index (χ1v) is 6.45. The maximum Gasteiger partial charge on any atom is 0.282 e. The van der Waals surface area contributed by atoms with E-state index in [1.165, 1.54) is 12.1 Å². The van der Waals surface area contributed by atoms with Gasteiger partial charge < -0.3 is 5.32 Å². The molecule has 1 heterocycles.